The fourth-order valence-electron chi connectivity index (χ4n) is 0.659. The second-order valence-corrected chi connectivity index (χ2v) is 6.32. The van der Waals surface area contributed by atoms with E-state index in [1.165, 1.54) is 24.8 Å². The number of rotatable bonds is 6. The van der Waals surface area contributed by atoms with Gasteiger partial charge in [-0.15, -0.1) is 13.2 Å². The summed E-state index contributed by atoms with van der Waals surface area (Å²) in [4.78, 5) is 0. The van der Waals surface area contributed by atoms with Crippen LogP contribution in [0.25, 0.3) is 0 Å². The second-order valence-electron chi connectivity index (χ2n) is 6.32. The van der Waals surface area contributed by atoms with Gasteiger partial charge in [-0.05, 0) is 37.0 Å². The lowest BCUT2D eigenvalue weighted by Crippen LogP contribution is -2.02. The minimum Gasteiger partial charge on any atom is -0.103 e. The maximum Gasteiger partial charge on any atom is 0 e. The lowest BCUT2D eigenvalue weighted by Gasteiger charge is -2.14. The van der Waals surface area contributed by atoms with Crippen LogP contribution in [0.3, 0.4) is 0 Å². The van der Waals surface area contributed by atoms with Gasteiger partial charge in [0.2, 0.25) is 0 Å². The van der Waals surface area contributed by atoms with Gasteiger partial charge in [-0.3, -0.25) is 0 Å². The van der Waals surface area contributed by atoms with E-state index in [0.29, 0.717) is 17.3 Å². The molecule has 0 aromatic heterocycles. The summed E-state index contributed by atoms with van der Waals surface area (Å²) in [5.74, 6) is 1.41. The molecule has 0 N–H and O–H groups in total. The highest BCUT2D eigenvalue weighted by Crippen LogP contribution is 2.19. The van der Waals surface area contributed by atoms with Crippen LogP contribution < -0.4 is 0 Å². The third kappa shape index (κ3) is 58.4. The van der Waals surface area contributed by atoms with Gasteiger partial charge in [-0.1, -0.05) is 116 Å². The van der Waals surface area contributed by atoms with Gasteiger partial charge >= 0.3 is 0 Å². The standard InChI is InChI=1S/2C7H14.C6H12.5CH4.I2/c1-5-7(3,4)6-2;1-5-7(4)6(2)3;1-4-6(3)5-2;;;;;;1-2/h5H,1,6H2,2-4H3;7H,2,5H2,1,3-4H3;4,6H,1,5H2,2-3H3;5*1H4;. The van der Waals surface area contributed by atoms with E-state index in [4.69, 9.17) is 0 Å². The highest BCUT2D eigenvalue weighted by molar-refractivity contribution is 15.0. The summed E-state index contributed by atoms with van der Waals surface area (Å²) in [6.07, 6.45) is 7.57. The number of hydrogen-bond donors (Lipinski definition) is 0. The SMILES string of the molecule is C.C.C.C.C.C=C(C)C(C)CC.C=CC(C)(C)CC.C=CC(C)CC.II. The predicted octanol–water partition coefficient (Wildman–Crippen LogP) is 12.4. The molecule has 0 saturated carbocycles. The first kappa shape index (κ1) is 56.5. The van der Waals surface area contributed by atoms with Crippen LogP contribution in [-0.4, -0.2) is 0 Å². The summed E-state index contributed by atoms with van der Waals surface area (Å²) in [6.45, 7) is 28.5. The molecule has 0 aromatic rings. The zero-order valence-electron chi connectivity index (χ0n) is 16.3. The highest BCUT2D eigenvalue weighted by atomic mass is 128. The van der Waals surface area contributed by atoms with Crippen molar-refractivity contribution in [3.8, 4) is 0 Å². The largest absolute Gasteiger partial charge is 0.103 e. The molecule has 0 heterocycles. The molecule has 27 heavy (non-hydrogen) atoms. The van der Waals surface area contributed by atoms with Crippen LogP contribution in [0.2, 0.25) is 0 Å². The van der Waals surface area contributed by atoms with E-state index in [9.17, 15) is 0 Å². The summed E-state index contributed by atoms with van der Waals surface area (Å²) in [5, 5.41) is 0. The van der Waals surface area contributed by atoms with E-state index in [1.54, 1.807) is 0 Å². The van der Waals surface area contributed by atoms with E-state index < -0.39 is 0 Å². The van der Waals surface area contributed by atoms with Gasteiger partial charge in [-0.25, -0.2) is 0 Å². The Morgan fingerprint density at radius 2 is 1.22 bits per heavy atom. The van der Waals surface area contributed by atoms with E-state index in [0.717, 1.165) is 0 Å². The Labute approximate surface area is 202 Å². The number of halogens is 2. The van der Waals surface area contributed by atoms with Crippen LogP contribution in [0, 0.1) is 17.3 Å². The molecule has 0 saturated heterocycles. The van der Waals surface area contributed by atoms with E-state index >= 15 is 0 Å². The molecule has 2 heteroatoms. The number of allylic oxidation sites excluding steroid dienone is 3. The Hall–Kier alpha value is 0.680. The summed E-state index contributed by atoms with van der Waals surface area (Å²) in [7, 11) is 0. The summed E-state index contributed by atoms with van der Waals surface area (Å²) < 4.78 is 0. The minimum atomic E-state index is 0. The molecule has 0 aliphatic carbocycles. The highest BCUT2D eigenvalue weighted by Gasteiger charge is 2.06. The monoisotopic (exact) mass is 614 g/mol. The van der Waals surface area contributed by atoms with Crippen molar-refractivity contribution < 1.29 is 0 Å². The molecule has 0 amide bonds. The van der Waals surface area contributed by atoms with Gasteiger partial charge in [0.05, 0.1) is 0 Å². The molecule has 0 bridgehead atoms. The van der Waals surface area contributed by atoms with Crippen molar-refractivity contribution in [2.45, 2.75) is 112 Å². The average molecular weight is 615 g/mol. The maximum absolute atomic E-state index is 3.83. The topological polar surface area (TPSA) is 0 Å². The first-order chi connectivity index (χ1) is 10.1. The smallest absolute Gasteiger partial charge is 0 e. The van der Waals surface area contributed by atoms with Gasteiger partial charge in [0.25, 0.3) is 0 Å². The quantitative estimate of drug-likeness (QED) is 0.206. The van der Waals surface area contributed by atoms with Crippen molar-refractivity contribution in [3.05, 3.63) is 37.5 Å². The van der Waals surface area contributed by atoms with Crippen LogP contribution >= 0.6 is 37.2 Å². The fourth-order valence-corrected chi connectivity index (χ4v) is 0.659. The van der Waals surface area contributed by atoms with Gasteiger partial charge < -0.3 is 0 Å². The van der Waals surface area contributed by atoms with Crippen molar-refractivity contribution in [2.75, 3.05) is 0 Å². The van der Waals surface area contributed by atoms with E-state index in [-0.39, 0.29) is 37.1 Å². The van der Waals surface area contributed by atoms with Crippen LogP contribution in [0.15, 0.2) is 37.5 Å². The Morgan fingerprint density at radius 1 is 0.889 bits per heavy atom. The van der Waals surface area contributed by atoms with E-state index in [1.807, 2.05) is 12.2 Å². The molecule has 0 aromatic carbocycles. The van der Waals surface area contributed by atoms with Crippen molar-refractivity contribution in [1.29, 1.82) is 0 Å². The third-order valence-corrected chi connectivity index (χ3v) is 3.96. The second kappa shape index (κ2) is 41.1. The molecule has 0 nitrogen and oxygen atoms in total. The van der Waals surface area contributed by atoms with Gasteiger partial charge in [0.15, 0.2) is 0 Å². The Morgan fingerprint density at radius 3 is 1.22 bits per heavy atom. The molecular weight excluding hydrogens is 554 g/mol. The van der Waals surface area contributed by atoms with Crippen molar-refractivity contribution >= 4 is 37.2 Å². The van der Waals surface area contributed by atoms with Crippen molar-refractivity contribution in [1.82, 2.24) is 0 Å². The first-order valence-electron chi connectivity index (χ1n) is 8.17. The van der Waals surface area contributed by atoms with Crippen LogP contribution in [-0.2, 0) is 0 Å². The summed E-state index contributed by atoms with van der Waals surface area (Å²) >= 11 is 4.24. The van der Waals surface area contributed by atoms with Crippen LogP contribution in [0.4, 0.5) is 0 Å². The predicted molar refractivity (Wildman–Crippen MR) is 160 cm³/mol. The molecule has 0 fully saturated rings. The molecular formula is C25H60I2. The average Bonchev–Trinajstić information content (AvgIpc) is 2.56. The van der Waals surface area contributed by atoms with Crippen LogP contribution in [0.5, 0.6) is 0 Å². The third-order valence-electron chi connectivity index (χ3n) is 3.96. The molecule has 0 aliphatic rings. The molecule has 0 rings (SSSR count). The summed E-state index contributed by atoms with van der Waals surface area (Å²) in [6, 6.07) is 0. The number of hydrogen-bond acceptors (Lipinski definition) is 0. The Balaban J connectivity index is -0.0000000226. The lowest BCUT2D eigenvalue weighted by molar-refractivity contribution is 0.463. The lowest BCUT2D eigenvalue weighted by atomic mass is 9.91. The van der Waals surface area contributed by atoms with Gasteiger partial charge in [0.1, 0.15) is 0 Å². The maximum atomic E-state index is 3.83. The van der Waals surface area contributed by atoms with E-state index in [2.05, 4.69) is 112 Å². The zero-order chi connectivity index (χ0) is 18.8. The van der Waals surface area contributed by atoms with Crippen molar-refractivity contribution in [3.63, 3.8) is 0 Å². The molecule has 2 unspecified atom stereocenters. The Kier molecular flexibility index (Phi) is 86.0. The molecule has 0 aliphatic heterocycles. The molecule has 0 spiro atoms. The van der Waals surface area contributed by atoms with Gasteiger partial charge in [-0.2, -0.15) is 0 Å². The molecule has 2 atom stereocenters. The Bertz CT molecular complexity index is 255. The fraction of sp³-hybridized carbons (Fsp3) is 0.760. The minimum absolute atomic E-state index is 0. The zero-order valence-corrected chi connectivity index (χ0v) is 20.6. The molecule has 174 valence electrons. The summed E-state index contributed by atoms with van der Waals surface area (Å²) in [5.41, 5.74) is 1.64. The van der Waals surface area contributed by atoms with Crippen molar-refractivity contribution in [2.24, 2.45) is 17.3 Å². The van der Waals surface area contributed by atoms with Gasteiger partial charge in [0, 0.05) is 37.2 Å². The first-order valence-corrected chi connectivity index (χ1v) is 14.5. The normalized spacial score (nSPS) is 9.70. The van der Waals surface area contributed by atoms with Crippen LogP contribution in [0.1, 0.15) is 112 Å². The molecule has 0 radical (unpaired) electrons.